The summed E-state index contributed by atoms with van der Waals surface area (Å²) in [7, 11) is 0. The first-order chi connectivity index (χ1) is 14.8. The van der Waals surface area contributed by atoms with E-state index in [1.807, 2.05) is 9.80 Å². The van der Waals surface area contributed by atoms with Gasteiger partial charge in [-0.25, -0.2) is 4.39 Å². The van der Waals surface area contributed by atoms with Crippen molar-refractivity contribution in [3.8, 4) is 0 Å². The van der Waals surface area contributed by atoms with Crippen LogP contribution in [0.3, 0.4) is 0 Å². The van der Waals surface area contributed by atoms with Crippen molar-refractivity contribution >= 4 is 17.3 Å². The van der Waals surface area contributed by atoms with E-state index < -0.39 is 17.7 Å². The highest BCUT2D eigenvalue weighted by molar-refractivity contribution is 5.83. The van der Waals surface area contributed by atoms with Gasteiger partial charge in [0, 0.05) is 31.4 Å². The summed E-state index contributed by atoms with van der Waals surface area (Å²) in [6, 6.07) is 10.2. The number of alkyl halides is 3. The second kappa shape index (κ2) is 7.43. The molecule has 1 saturated carbocycles. The van der Waals surface area contributed by atoms with Gasteiger partial charge in [-0.05, 0) is 55.2 Å². The lowest BCUT2D eigenvalue weighted by atomic mass is 9.82. The van der Waals surface area contributed by atoms with Crippen LogP contribution in [0.4, 0.5) is 28.9 Å². The second-order valence-electron chi connectivity index (χ2n) is 8.59. The van der Waals surface area contributed by atoms with Gasteiger partial charge in [-0.2, -0.15) is 13.2 Å². The normalized spacial score (nSPS) is 23.2. The summed E-state index contributed by atoms with van der Waals surface area (Å²) < 4.78 is 54.2. The van der Waals surface area contributed by atoms with Crippen LogP contribution in [0.1, 0.15) is 24.0 Å². The number of nitrogens with one attached hydrogen (secondary N) is 1. The number of benzene rings is 2. The molecule has 2 heterocycles. The van der Waals surface area contributed by atoms with Crippen LogP contribution in [0.2, 0.25) is 0 Å². The number of hydrogen-bond donors (Lipinski definition) is 1. The average molecular weight is 433 g/mol. The molecule has 164 valence electrons. The molecule has 0 bridgehead atoms. The Morgan fingerprint density at radius 1 is 1.03 bits per heavy atom. The summed E-state index contributed by atoms with van der Waals surface area (Å²) in [5.74, 6) is -0.942. The molecular weight excluding hydrogens is 410 g/mol. The molecule has 4 nitrogen and oxygen atoms in total. The second-order valence-corrected chi connectivity index (χ2v) is 8.59. The molecule has 2 fully saturated rings. The number of para-hydroxylation sites is 1. The van der Waals surface area contributed by atoms with Gasteiger partial charge in [0.2, 0.25) is 5.91 Å². The smallest absolute Gasteiger partial charge is 0.365 e. The fourth-order valence-corrected chi connectivity index (χ4v) is 4.76. The van der Waals surface area contributed by atoms with Gasteiger partial charge in [0.1, 0.15) is 5.82 Å². The molecule has 8 heteroatoms. The van der Waals surface area contributed by atoms with Crippen LogP contribution in [0.25, 0.3) is 0 Å². The van der Waals surface area contributed by atoms with Crippen molar-refractivity contribution in [1.29, 1.82) is 0 Å². The Kier molecular flexibility index (Phi) is 4.83. The summed E-state index contributed by atoms with van der Waals surface area (Å²) in [5.41, 5.74) is 1.07. The van der Waals surface area contributed by atoms with Crippen LogP contribution >= 0.6 is 0 Å². The maximum Gasteiger partial charge on any atom is 0.416 e. The zero-order valence-electron chi connectivity index (χ0n) is 16.8. The minimum absolute atomic E-state index is 0.129. The number of nitrogens with zero attached hydrogens (tertiary/aromatic N) is 2. The van der Waals surface area contributed by atoms with E-state index in [2.05, 4.69) is 5.32 Å². The van der Waals surface area contributed by atoms with Gasteiger partial charge in [0.25, 0.3) is 0 Å². The Morgan fingerprint density at radius 2 is 1.81 bits per heavy atom. The monoisotopic (exact) mass is 433 g/mol. The number of rotatable bonds is 3. The fraction of sp³-hybridized carbons (Fsp3) is 0.435. The predicted octanol–water partition coefficient (Wildman–Crippen LogP) is 3.99. The lowest BCUT2D eigenvalue weighted by molar-refractivity contribution is -0.137. The molecule has 0 radical (unpaired) electrons. The molecule has 0 spiro atoms. The van der Waals surface area contributed by atoms with Gasteiger partial charge >= 0.3 is 6.18 Å². The van der Waals surface area contributed by atoms with Gasteiger partial charge < -0.3 is 15.1 Å². The quantitative estimate of drug-likeness (QED) is 0.744. The predicted molar refractivity (Wildman–Crippen MR) is 110 cm³/mol. The molecule has 1 aliphatic carbocycles. The number of piperazine rings is 1. The van der Waals surface area contributed by atoms with Crippen molar-refractivity contribution < 1.29 is 22.4 Å². The van der Waals surface area contributed by atoms with Crippen molar-refractivity contribution in [2.45, 2.75) is 37.5 Å². The Bertz CT molecular complexity index is 1000. The van der Waals surface area contributed by atoms with E-state index in [-0.39, 0.29) is 30.2 Å². The zero-order chi connectivity index (χ0) is 21.8. The van der Waals surface area contributed by atoms with Gasteiger partial charge in [-0.3, -0.25) is 4.79 Å². The maximum absolute atomic E-state index is 14.4. The summed E-state index contributed by atoms with van der Waals surface area (Å²) in [6.07, 6.45) is -2.32. The number of halogens is 4. The number of anilines is 2. The molecule has 2 aromatic carbocycles. The standard InChI is InChI=1S/C23H23F4N3O/c24-18-3-1-2-4-20(18)29-9-10-30-19-8-5-15(23(25,26)27)11-14(19)12-17(21(30)13-29)22(31)28-16-6-7-16/h1-5,8,11,16-17,21H,6-7,9-10,12-13H2,(H,28,31)/t17-,21-/m0/s1. The van der Waals surface area contributed by atoms with Gasteiger partial charge in [-0.15, -0.1) is 0 Å². The van der Waals surface area contributed by atoms with Crippen molar-refractivity contribution in [3.63, 3.8) is 0 Å². The molecule has 0 aromatic heterocycles. The van der Waals surface area contributed by atoms with Crippen molar-refractivity contribution in [1.82, 2.24) is 5.32 Å². The molecule has 1 amide bonds. The minimum atomic E-state index is -4.43. The summed E-state index contributed by atoms with van der Waals surface area (Å²) in [5, 5.41) is 3.02. The van der Waals surface area contributed by atoms with Crippen LogP contribution in [0.5, 0.6) is 0 Å². The van der Waals surface area contributed by atoms with E-state index in [0.717, 1.165) is 24.6 Å². The highest BCUT2D eigenvalue weighted by Gasteiger charge is 2.44. The first-order valence-corrected chi connectivity index (χ1v) is 10.6. The molecule has 0 unspecified atom stereocenters. The largest absolute Gasteiger partial charge is 0.416 e. The van der Waals surface area contributed by atoms with Crippen molar-refractivity contribution in [3.05, 3.63) is 59.4 Å². The van der Waals surface area contributed by atoms with Crippen LogP contribution in [0, 0.1) is 11.7 Å². The highest BCUT2D eigenvalue weighted by Crippen LogP contribution is 2.40. The Hall–Kier alpha value is -2.77. The third-order valence-corrected chi connectivity index (χ3v) is 6.49. The Morgan fingerprint density at radius 3 is 2.52 bits per heavy atom. The molecular formula is C23H23F4N3O. The Balaban J connectivity index is 1.49. The maximum atomic E-state index is 14.4. The Labute approximate surface area is 177 Å². The molecule has 2 aliphatic heterocycles. The van der Waals surface area contributed by atoms with Crippen LogP contribution in [-0.2, 0) is 17.4 Å². The van der Waals surface area contributed by atoms with E-state index in [1.165, 1.54) is 18.2 Å². The van der Waals surface area contributed by atoms with Gasteiger partial charge in [-0.1, -0.05) is 12.1 Å². The van der Waals surface area contributed by atoms with E-state index in [0.29, 0.717) is 30.9 Å². The summed E-state index contributed by atoms with van der Waals surface area (Å²) >= 11 is 0. The molecule has 1 N–H and O–H groups in total. The number of carbonyl (C=O) groups is 1. The summed E-state index contributed by atoms with van der Waals surface area (Å²) in [4.78, 5) is 17.0. The molecule has 5 rings (SSSR count). The molecule has 2 aromatic rings. The SMILES string of the molecule is O=C(NC1CC1)[C@H]1Cc2cc(C(F)(F)F)ccc2N2CCN(c3ccccc3F)C[C@@H]12. The van der Waals surface area contributed by atoms with E-state index in [9.17, 15) is 22.4 Å². The molecule has 3 aliphatic rings. The van der Waals surface area contributed by atoms with Gasteiger partial charge in [0.15, 0.2) is 0 Å². The number of fused-ring (bicyclic) bond motifs is 3. The van der Waals surface area contributed by atoms with E-state index >= 15 is 0 Å². The molecule has 2 atom stereocenters. The lowest BCUT2D eigenvalue weighted by Crippen LogP contribution is -2.61. The third kappa shape index (κ3) is 3.83. The summed E-state index contributed by atoms with van der Waals surface area (Å²) in [6.45, 7) is 1.46. The topological polar surface area (TPSA) is 35.6 Å². The van der Waals surface area contributed by atoms with Crippen LogP contribution in [-0.4, -0.2) is 37.6 Å². The number of carbonyl (C=O) groups excluding carboxylic acids is 1. The number of hydrogen-bond acceptors (Lipinski definition) is 3. The molecule has 31 heavy (non-hydrogen) atoms. The van der Waals surface area contributed by atoms with Gasteiger partial charge in [0.05, 0.1) is 23.2 Å². The number of amides is 1. The first kappa shape index (κ1) is 20.2. The van der Waals surface area contributed by atoms with E-state index in [4.69, 9.17) is 0 Å². The highest BCUT2D eigenvalue weighted by atomic mass is 19.4. The fourth-order valence-electron chi connectivity index (χ4n) is 4.76. The zero-order valence-corrected chi connectivity index (χ0v) is 16.8. The molecule has 1 saturated heterocycles. The average Bonchev–Trinajstić information content (AvgIpc) is 3.56. The van der Waals surface area contributed by atoms with Crippen LogP contribution in [0.15, 0.2) is 42.5 Å². The minimum Gasteiger partial charge on any atom is -0.365 e. The van der Waals surface area contributed by atoms with Crippen LogP contribution < -0.4 is 15.1 Å². The van der Waals surface area contributed by atoms with Crippen molar-refractivity contribution in [2.75, 3.05) is 29.4 Å². The van der Waals surface area contributed by atoms with E-state index in [1.54, 1.807) is 18.2 Å². The first-order valence-electron chi connectivity index (χ1n) is 10.6. The van der Waals surface area contributed by atoms with Crippen molar-refractivity contribution in [2.24, 2.45) is 5.92 Å². The third-order valence-electron chi connectivity index (χ3n) is 6.49. The lowest BCUT2D eigenvalue weighted by Gasteiger charge is -2.49.